The topological polar surface area (TPSA) is 65.0 Å². The number of rotatable bonds is 8. The average molecular weight is 437 g/mol. The third-order valence-corrected chi connectivity index (χ3v) is 6.16. The first-order valence-corrected chi connectivity index (χ1v) is 11.9. The standard InChI is InChI=1S/C25H36N6O/c1-2-26-25(28-18-22-10-6-12-27-24(22)30-14-16-32-17-15-30)29-19-23-11-7-13-31(23)20-21-8-4-3-5-9-21/h3-6,8-10,12,23H,2,7,11,13-20H2,1H3,(H2,26,28,29). The molecule has 1 unspecified atom stereocenters. The lowest BCUT2D eigenvalue weighted by atomic mass is 10.2. The summed E-state index contributed by atoms with van der Waals surface area (Å²) in [6.07, 6.45) is 4.34. The number of hydrogen-bond donors (Lipinski definition) is 2. The highest BCUT2D eigenvalue weighted by atomic mass is 16.5. The highest BCUT2D eigenvalue weighted by molar-refractivity contribution is 5.79. The summed E-state index contributed by atoms with van der Waals surface area (Å²) in [6.45, 7) is 9.90. The Labute approximate surface area is 191 Å². The van der Waals surface area contributed by atoms with Crippen LogP contribution in [0.25, 0.3) is 0 Å². The summed E-state index contributed by atoms with van der Waals surface area (Å²) in [5, 5.41) is 7.00. The number of aliphatic imine (C=N–C) groups is 1. The molecule has 7 nitrogen and oxygen atoms in total. The molecule has 0 radical (unpaired) electrons. The Morgan fingerprint density at radius 1 is 1.09 bits per heavy atom. The minimum atomic E-state index is 0.529. The third-order valence-electron chi connectivity index (χ3n) is 6.16. The van der Waals surface area contributed by atoms with E-state index < -0.39 is 0 Å². The molecule has 0 spiro atoms. The van der Waals surface area contributed by atoms with Crippen molar-refractivity contribution < 1.29 is 4.74 Å². The van der Waals surface area contributed by atoms with Gasteiger partial charge in [0.1, 0.15) is 5.82 Å². The predicted molar refractivity (Wildman–Crippen MR) is 130 cm³/mol. The van der Waals surface area contributed by atoms with Gasteiger partial charge in [0.2, 0.25) is 0 Å². The van der Waals surface area contributed by atoms with E-state index in [9.17, 15) is 0 Å². The lowest BCUT2D eigenvalue weighted by Crippen LogP contribution is -2.44. The van der Waals surface area contributed by atoms with Gasteiger partial charge < -0.3 is 20.3 Å². The molecule has 1 atom stereocenters. The second-order valence-electron chi connectivity index (χ2n) is 8.41. The monoisotopic (exact) mass is 436 g/mol. The van der Waals surface area contributed by atoms with Crippen LogP contribution in [0.5, 0.6) is 0 Å². The van der Waals surface area contributed by atoms with Gasteiger partial charge in [-0.1, -0.05) is 36.4 Å². The van der Waals surface area contributed by atoms with E-state index in [1.54, 1.807) is 0 Å². The maximum absolute atomic E-state index is 5.50. The molecule has 4 rings (SSSR count). The number of guanidine groups is 1. The summed E-state index contributed by atoms with van der Waals surface area (Å²) in [5.41, 5.74) is 2.53. The van der Waals surface area contributed by atoms with Crippen molar-refractivity contribution in [3.8, 4) is 0 Å². The summed E-state index contributed by atoms with van der Waals surface area (Å²) in [4.78, 5) is 14.4. The molecule has 1 aromatic heterocycles. The van der Waals surface area contributed by atoms with Crippen molar-refractivity contribution in [3.05, 3.63) is 59.8 Å². The van der Waals surface area contributed by atoms with Crippen LogP contribution in [0.4, 0.5) is 5.82 Å². The molecule has 2 N–H and O–H groups in total. The molecular weight excluding hydrogens is 400 g/mol. The van der Waals surface area contributed by atoms with E-state index in [1.165, 1.54) is 18.4 Å². The molecule has 0 saturated carbocycles. The first-order valence-electron chi connectivity index (χ1n) is 11.9. The van der Waals surface area contributed by atoms with E-state index in [0.717, 1.165) is 69.8 Å². The second kappa shape index (κ2) is 11.8. The minimum absolute atomic E-state index is 0.529. The van der Waals surface area contributed by atoms with E-state index in [2.05, 4.69) is 68.7 Å². The van der Waals surface area contributed by atoms with Crippen molar-refractivity contribution in [3.63, 3.8) is 0 Å². The van der Waals surface area contributed by atoms with Gasteiger partial charge in [-0.2, -0.15) is 0 Å². The zero-order valence-electron chi connectivity index (χ0n) is 19.2. The number of morpholine rings is 1. The quantitative estimate of drug-likeness (QED) is 0.490. The highest BCUT2D eigenvalue weighted by Gasteiger charge is 2.24. The van der Waals surface area contributed by atoms with Gasteiger partial charge in [0.15, 0.2) is 5.96 Å². The average Bonchev–Trinajstić information content (AvgIpc) is 3.29. The van der Waals surface area contributed by atoms with E-state index in [4.69, 9.17) is 9.73 Å². The lowest BCUT2D eigenvalue weighted by molar-refractivity contribution is 0.122. The largest absolute Gasteiger partial charge is 0.378 e. The molecule has 3 heterocycles. The third kappa shape index (κ3) is 6.20. The van der Waals surface area contributed by atoms with Crippen molar-refractivity contribution in [2.45, 2.75) is 38.9 Å². The van der Waals surface area contributed by atoms with E-state index >= 15 is 0 Å². The van der Waals surface area contributed by atoms with Gasteiger partial charge in [-0.15, -0.1) is 0 Å². The Bertz CT molecular complexity index is 853. The fraction of sp³-hybridized carbons (Fsp3) is 0.520. The van der Waals surface area contributed by atoms with Gasteiger partial charge in [0.25, 0.3) is 0 Å². The van der Waals surface area contributed by atoms with Crippen molar-refractivity contribution in [1.29, 1.82) is 0 Å². The molecule has 2 aliphatic heterocycles. The molecule has 2 fully saturated rings. The van der Waals surface area contributed by atoms with Gasteiger partial charge in [-0.25, -0.2) is 9.98 Å². The molecule has 0 amide bonds. The minimum Gasteiger partial charge on any atom is -0.378 e. The van der Waals surface area contributed by atoms with Crippen LogP contribution < -0.4 is 15.5 Å². The Kier molecular flexibility index (Phi) is 8.34. The number of aromatic nitrogens is 1. The van der Waals surface area contributed by atoms with Gasteiger partial charge in [0, 0.05) is 50.5 Å². The maximum Gasteiger partial charge on any atom is 0.191 e. The normalized spacial score (nSPS) is 19.8. The van der Waals surface area contributed by atoms with Crippen LogP contribution in [0.15, 0.2) is 53.7 Å². The number of anilines is 1. The number of nitrogens with zero attached hydrogens (tertiary/aromatic N) is 4. The number of likely N-dealkylation sites (tertiary alicyclic amines) is 1. The molecule has 2 saturated heterocycles. The Morgan fingerprint density at radius 3 is 2.75 bits per heavy atom. The fourth-order valence-electron chi connectivity index (χ4n) is 4.49. The Balaban J connectivity index is 1.36. The number of hydrogen-bond acceptors (Lipinski definition) is 5. The number of benzene rings is 1. The number of ether oxygens (including phenoxy) is 1. The smallest absolute Gasteiger partial charge is 0.191 e. The van der Waals surface area contributed by atoms with Crippen LogP contribution in [0.2, 0.25) is 0 Å². The highest BCUT2D eigenvalue weighted by Crippen LogP contribution is 2.20. The summed E-state index contributed by atoms with van der Waals surface area (Å²) in [5.74, 6) is 1.90. The summed E-state index contributed by atoms with van der Waals surface area (Å²) in [6, 6.07) is 15.4. The molecule has 2 aliphatic rings. The first-order chi connectivity index (χ1) is 15.8. The molecule has 0 aliphatic carbocycles. The molecule has 2 aromatic rings. The Hall–Kier alpha value is -2.64. The molecule has 172 valence electrons. The van der Waals surface area contributed by atoms with Crippen LogP contribution in [-0.4, -0.2) is 67.8 Å². The van der Waals surface area contributed by atoms with Gasteiger partial charge in [0.05, 0.1) is 19.8 Å². The first kappa shape index (κ1) is 22.6. The fourth-order valence-corrected chi connectivity index (χ4v) is 4.49. The lowest BCUT2D eigenvalue weighted by Gasteiger charge is -2.29. The van der Waals surface area contributed by atoms with Crippen molar-refractivity contribution in [1.82, 2.24) is 20.5 Å². The number of nitrogens with one attached hydrogen (secondary N) is 2. The molecule has 32 heavy (non-hydrogen) atoms. The summed E-state index contributed by atoms with van der Waals surface area (Å²) >= 11 is 0. The second-order valence-corrected chi connectivity index (χ2v) is 8.41. The maximum atomic E-state index is 5.50. The van der Waals surface area contributed by atoms with E-state index in [1.807, 2.05) is 12.3 Å². The van der Waals surface area contributed by atoms with Crippen molar-refractivity contribution in [2.75, 3.05) is 50.8 Å². The zero-order valence-corrected chi connectivity index (χ0v) is 19.2. The summed E-state index contributed by atoms with van der Waals surface area (Å²) in [7, 11) is 0. The molecule has 1 aromatic carbocycles. The van der Waals surface area contributed by atoms with E-state index in [0.29, 0.717) is 12.6 Å². The van der Waals surface area contributed by atoms with Gasteiger partial charge in [-0.05, 0) is 37.9 Å². The predicted octanol–water partition coefficient (Wildman–Crippen LogP) is 2.64. The number of pyridine rings is 1. The van der Waals surface area contributed by atoms with Crippen LogP contribution in [-0.2, 0) is 17.8 Å². The molecular formula is C25H36N6O. The van der Waals surface area contributed by atoms with Crippen LogP contribution in [0.1, 0.15) is 30.9 Å². The Morgan fingerprint density at radius 2 is 1.94 bits per heavy atom. The zero-order chi connectivity index (χ0) is 22.0. The van der Waals surface area contributed by atoms with Crippen molar-refractivity contribution >= 4 is 11.8 Å². The van der Waals surface area contributed by atoms with Crippen molar-refractivity contribution in [2.24, 2.45) is 4.99 Å². The molecule has 7 heteroatoms. The summed E-state index contributed by atoms with van der Waals surface area (Å²) < 4.78 is 5.50. The van der Waals surface area contributed by atoms with Gasteiger partial charge in [-0.3, -0.25) is 4.90 Å². The molecule has 0 bridgehead atoms. The van der Waals surface area contributed by atoms with E-state index in [-0.39, 0.29) is 0 Å². The van der Waals surface area contributed by atoms with Crippen LogP contribution in [0, 0.1) is 0 Å². The van der Waals surface area contributed by atoms with Crippen LogP contribution >= 0.6 is 0 Å². The van der Waals surface area contributed by atoms with Crippen LogP contribution in [0.3, 0.4) is 0 Å². The SMILES string of the molecule is CCNC(=NCc1cccnc1N1CCOCC1)NCC1CCCN1Cc1ccccc1. The van der Waals surface area contributed by atoms with Gasteiger partial charge >= 0.3 is 0 Å².